The molecule has 9 rings (SSSR count). The van der Waals surface area contributed by atoms with E-state index in [1.807, 2.05) is 67.8 Å². The summed E-state index contributed by atoms with van der Waals surface area (Å²) in [6.45, 7) is 9.03. The van der Waals surface area contributed by atoms with Crippen LogP contribution >= 0.6 is 0 Å². The van der Waals surface area contributed by atoms with Crippen molar-refractivity contribution < 1.29 is 28.7 Å². The maximum atomic E-state index is 14.1. The summed E-state index contributed by atoms with van der Waals surface area (Å²) in [6, 6.07) is 12.3. The van der Waals surface area contributed by atoms with Crippen LogP contribution in [0.2, 0.25) is 0 Å². The van der Waals surface area contributed by atoms with E-state index in [4.69, 9.17) is 19.4 Å². The Morgan fingerprint density at radius 3 is 1.72 bits per heavy atom. The van der Waals surface area contributed by atoms with E-state index in [2.05, 4.69) is 44.6 Å². The zero-order valence-corrected chi connectivity index (χ0v) is 35.9. The van der Waals surface area contributed by atoms with Gasteiger partial charge in [-0.05, 0) is 104 Å². The van der Waals surface area contributed by atoms with E-state index in [-0.39, 0.29) is 46.6 Å². The summed E-state index contributed by atoms with van der Waals surface area (Å²) in [6.07, 6.45) is 7.00. The monoisotopic (exact) mass is 828 g/mol. The van der Waals surface area contributed by atoms with E-state index in [9.17, 15) is 19.2 Å². The molecule has 61 heavy (non-hydrogen) atoms. The molecule has 4 atom stereocenters. The zero-order valence-electron chi connectivity index (χ0n) is 35.9. The number of likely N-dealkylation sites (tertiary alicyclic amines) is 2. The molecule has 0 radical (unpaired) electrons. The fourth-order valence-corrected chi connectivity index (χ4v) is 9.47. The highest BCUT2D eigenvalue weighted by atomic mass is 16.5. The molecule has 2 aromatic heterocycles. The Kier molecular flexibility index (Phi) is 10.4. The lowest BCUT2D eigenvalue weighted by Crippen LogP contribution is -2.51. The SMILES string of the molecule is COC(=O)N[C@H](C(=O)N1CC2(CC2)C[C@H]1c1nc(-c2ccc(C#Cc3ccc4nc([C@@H]5CC6(CC6)CN5C(=O)[C@@H](NC(=O)OC)C(C)C)[nH]c4c3)cc2)c(C2CC2)[nH]1)C(C)C. The molecule has 4 heterocycles. The average Bonchev–Trinajstić information content (AvgIpc) is 4.20. The number of fused-ring (bicyclic) bond motifs is 1. The number of H-pyrrole nitrogens is 2. The van der Waals surface area contributed by atoms with E-state index < -0.39 is 24.3 Å². The van der Waals surface area contributed by atoms with E-state index in [1.54, 1.807) is 0 Å². The molecule has 4 aromatic rings. The number of alkyl carbamates (subject to hydrolysis) is 2. The fraction of sp³-hybridized carbons (Fsp3) is 0.532. The van der Waals surface area contributed by atoms with Crippen molar-refractivity contribution in [2.45, 2.75) is 109 Å². The molecule has 2 aromatic carbocycles. The van der Waals surface area contributed by atoms with E-state index in [0.717, 1.165) is 102 Å². The van der Waals surface area contributed by atoms with E-state index in [0.29, 0.717) is 19.0 Å². The second kappa shape index (κ2) is 15.6. The molecule has 0 unspecified atom stereocenters. The van der Waals surface area contributed by atoms with Crippen molar-refractivity contribution in [2.24, 2.45) is 22.7 Å². The van der Waals surface area contributed by atoms with Gasteiger partial charge in [0.2, 0.25) is 11.8 Å². The van der Waals surface area contributed by atoms with Gasteiger partial charge in [0.05, 0.1) is 43.0 Å². The van der Waals surface area contributed by atoms with Crippen LogP contribution in [0.25, 0.3) is 22.3 Å². The second-order valence-corrected chi connectivity index (χ2v) is 18.9. The Bertz CT molecular complexity index is 2430. The summed E-state index contributed by atoms with van der Waals surface area (Å²) in [5.41, 5.74) is 6.63. The molecule has 320 valence electrons. The van der Waals surface area contributed by atoms with Gasteiger partial charge in [-0.25, -0.2) is 19.6 Å². The molecule has 5 fully saturated rings. The Labute approximate surface area is 356 Å². The molecular formula is C47H56N8O6. The number of imidazole rings is 2. The number of carbonyl (C=O) groups is 4. The lowest BCUT2D eigenvalue weighted by molar-refractivity contribution is -0.136. The van der Waals surface area contributed by atoms with Crippen molar-refractivity contribution in [2.75, 3.05) is 27.3 Å². The predicted octanol–water partition coefficient (Wildman–Crippen LogP) is 7.10. The summed E-state index contributed by atoms with van der Waals surface area (Å²) in [7, 11) is 2.62. The summed E-state index contributed by atoms with van der Waals surface area (Å²) in [5.74, 6) is 8.19. The molecule has 0 bridgehead atoms. The number of aromatic nitrogens is 4. The number of nitrogens with zero attached hydrogens (tertiary/aromatic N) is 4. The van der Waals surface area contributed by atoms with E-state index in [1.165, 1.54) is 14.2 Å². The minimum atomic E-state index is -0.696. The third kappa shape index (κ3) is 8.07. The maximum Gasteiger partial charge on any atom is 0.407 e. The van der Waals surface area contributed by atoms with Crippen LogP contribution in [-0.4, -0.2) is 93.1 Å². The van der Waals surface area contributed by atoms with Crippen LogP contribution in [0.15, 0.2) is 42.5 Å². The van der Waals surface area contributed by atoms with Crippen LogP contribution in [0.3, 0.4) is 0 Å². The first kappa shape index (κ1) is 40.6. The maximum absolute atomic E-state index is 14.1. The van der Waals surface area contributed by atoms with Crippen LogP contribution in [0.5, 0.6) is 0 Å². The van der Waals surface area contributed by atoms with Gasteiger partial charge in [-0.2, -0.15) is 0 Å². The van der Waals surface area contributed by atoms with Gasteiger partial charge in [-0.3, -0.25) is 9.59 Å². The Hall–Kier alpha value is -5.84. The van der Waals surface area contributed by atoms with Crippen molar-refractivity contribution >= 4 is 35.0 Å². The molecule has 3 saturated carbocycles. The number of ether oxygens (including phenoxy) is 2. The molecular weight excluding hydrogens is 773 g/mol. The standard InChI is InChI=1S/C47H56N8O6/c1-26(2)36(52-44(58)60-5)42(56)54-24-46(17-18-46)22-34(54)40-48-32-16-11-29(21-33(32)49-40)8-7-28-9-12-30(13-10-28)38-39(31-14-15-31)51-41(50-38)35-23-47(19-20-47)25-55(35)43(57)37(27(3)4)53-45(59)61-6/h9-13,16,21,26-27,31,34-37H,14-15,17-20,22-25H2,1-6H3,(H,48,49)(H,50,51)(H,52,58)(H,53,59)/t34-,35-,36-,37-/m0/s1. The topological polar surface area (TPSA) is 175 Å². The summed E-state index contributed by atoms with van der Waals surface area (Å²) < 4.78 is 9.68. The molecule has 2 aliphatic heterocycles. The molecule has 5 aliphatic rings. The fourth-order valence-electron chi connectivity index (χ4n) is 9.47. The van der Waals surface area contributed by atoms with Crippen LogP contribution in [0.1, 0.15) is 126 Å². The van der Waals surface area contributed by atoms with E-state index >= 15 is 0 Å². The highest BCUT2D eigenvalue weighted by molar-refractivity contribution is 5.88. The number of aromatic amines is 2. The van der Waals surface area contributed by atoms with Crippen LogP contribution in [0, 0.1) is 34.5 Å². The van der Waals surface area contributed by atoms with Gasteiger partial charge in [0.1, 0.15) is 23.7 Å². The summed E-state index contributed by atoms with van der Waals surface area (Å²) >= 11 is 0. The van der Waals surface area contributed by atoms with Crippen molar-refractivity contribution in [3.63, 3.8) is 0 Å². The molecule has 14 nitrogen and oxygen atoms in total. The molecule has 14 heteroatoms. The van der Waals surface area contributed by atoms with Crippen molar-refractivity contribution in [3.05, 3.63) is 70.9 Å². The van der Waals surface area contributed by atoms with Gasteiger partial charge in [0.15, 0.2) is 0 Å². The lowest BCUT2D eigenvalue weighted by Gasteiger charge is -2.30. The van der Waals surface area contributed by atoms with Gasteiger partial charge >= 0.3 is 12.2 Å². The van der Waals surface area contributed by atoms with Crippen molar-refractivity contribution in [1.29, 1.82) is 0 Å². The smallest absolute Gasteiger partial charge is 0.407 e. The quantitative estimate of drug-likeness (QED) is 0.123. The summed E-state index contributed by atoms with van der Waals surface area (Å²) in [4.78, 5) is 73.5. The first-order valence-corrected chi connectivity index (χ1v) is 21.8. The number of hydrogen-bond donors (Lipinski definition) is 4. The third-order valence-electron chi connectivity index (χ3n) is 13.7. The zero-order chi connectivity index (χ0) is 42.8. The number of methoxy groups -OCH3 is 2. The van der Waals surface area contributed by atoms with Gasteiger partial charge in [0.25, 0.3) is 0 Å². The number of carbonyl (C=O) groups excluding carboxylic acids is 4. The van der Waals surface area contributed by atoms with Crippen LogP contribution in [-0.2, 0) is 19.1 Å². The van der Waals surface area contributed by atoms with Crippen molar-refractivity contribution in [1.82, 2.24) is 40.4 Å². The second-order valence-electron chi connectivity index (χ2n) is 18.9. The Balaban J connectivity index is 0.925. The lowest BCUT2D eigenvalue weighted by atomic mass is 10.0. The van der Waals surface area contributed by atoms with Gasteiger partial charge in [-0.1, -0.05) is 51.7 Å². The first-order valence-electron chi connectivity index (χ1n) is 21.8. The van der Waals surface area contributed by atoms with Crippen LogP contribution < -0.4 is 10.6 Å². The normalized spacial score (nSPS) is 21.7. The molecule has 3 aliphatic carbocycles. The van der Waals surface area contributed by atoms with Crippen molar-refractivity contribution in [3.8, 4) is 23.1 Å². The molecule has 2 spiro atoms. The average molecular weight is 829 g/mol. The largest absolute Gasteiger partial charge is 0.453 e. The minimum absolute atomic E-state index is 0.0970. The Morgan fingerprint density at radius 2 is 1.23 bits per heavy atom. The van der Waals surface area contributed by atoms with Gasteiger partial charge < -0.3 is 39.9 Å². The first-order chi connectivity index (χ1) is 29.3. The van der Waals surface area contributed by atoms with Gasteiger partial charge in [-0.15, -0.1) is 0 Å². The third-order valence-corrected chi connectivity index (χ3v) is 13.7. The number of hydrogen-bond acceptors (Lipinski definition) is 8. The highest BCUT2D eigenvalue weighted by Gasteiger charge is 2.56. The van der Waals surface area contributed by atoms with Crippen LogP contribution in [0.4, 0.5) is 9.59 Å². The Morgan fingerprint density at radius 1 is 0.721 bits per heavy atom. The molecule has 2 saturated heterocycles. The molecule has 4 N–H and O–H groups in total. The number of rotatable bonds is 10. The van der Waals surface area contributed by atoms with Gasteiger partial charge in [0, 0.05) is 41.4 Å². The minimum Gasteiger partial charge on any atom is -0.453 e. The highest BCUT2D eigenvalue weighted by Crippen LogP contribution is 2.60. The predicted molar refractivity (Wildman–Crippen MR) is 228 cm³/mol. The number of amides is 4. The summed E-state index contributed by atoms with van der Waals surface area (Å²) in [5, 5.41) is 5.53. The number of nitrogens with one attached hydrogen (secondary N) is 4. The molecule has 4 amide bonds. The number of benzene rings is 2.